The number of ether oxygens (including phenoxy) is 1. The number of nitro groups is 1. The lowest BCUT2D eigenvalue weighted by molar-refractivity contribution is -0.385. The average molecular weight is 283 g/mol. The molecule has 0 radical (unpaired) electrons. The molecule has 0 atom stereocenters. The van der Waals surface area contributed by atoms with E-state index in [2.05, 4.69) is 5.32 Å². The van der Waals surface area contributed by atoms with Gasteiger partial charge in [0.15, 0.2) is 0 Å². The van der Waals surface area contributed by atoms with Crippen molar-refractivity contribution in [3.05, 3.63) is 58.1 Å². The molecule has 1 N–H and O–H groups in total. The lowest BCUT2D eigenvalue weighted by atomic mass is 10.1. The molecule has 21 heavy (non-hydrogen) atoms. The van der Waals surface area contributed by atoms with Gasteiger partial charge in [0, 0.05) is 17.4 Å². The van der Waals surface area contributed by atoms with E-state index in [0.717, 1.165) is 11.4 Å². The SMILES string of the molecule is CCOc1ccc(Nc2ccc([N+](=O)[O-])c(C#N)c2)cc1. The van der Waals surface area contributed by atoms with Crippen LogP contribution in [0, 0.1) is 21.4 Å². The van der Waals surface area contributed by atoms with Crippen molar-refractivity contribution in [1.82, 2.24) is 0 Å². The number of nitrogens with zero attached hydrogens (tertiary/aromatic N) is 2. The molecule has 2 aromatic carbocycles. The summed E-state index contributed by atoms with van der Waals surface area (Å²) in [7, 11) is 0. The van der Waals surface area contributed by atoms with Crippen LogP contribution in [0.25, 0.3) is 0 Å². The second-order valence-corrected chi connectivity index (χ2v) is 4.18. The summed E-state index contributed by atoms with van der Waals surface area (Å²) in [5.41, 5.74) is 1.24. The molecule has 0 saturated heterocycles. The third-order valence-electron chi connectivity index (χ3n) is 2.77. The van der Waals surface area contributed by atoms with Gasteiger partial charge in [-0.2, -0.15) is 5.26 Å². The zero-order valence-electron chi connectivity index (χ0n) is 11.4. The van der Waals surface area contributed by atoms with Crippen LogP contribution in [0.4, 0.5) is 17.1 Å². The molecule has 0 heterocycles. The Morgan fingerprint density at radius 3 is 2.48 bits per heavy atom. The average Bonchev–Trinajstić information content (AvgIpc) is 2.49. The maximum Gasteiger partial charge on any atom is 0.287 e. The standard InChI is InChI=1S/C15H13N3O3/c1-2-21-14-6-3-12(4-7-14)17-13-5-8-15(18(19)20)11(9-13)10-16/h3-9,17H,2H2,1H3. The predicted octanol–water partition coefficient (Wildman–Crippen LogP) is 3.61. The Kier molecular flexibility index (Phi) is 4.36. The number of rotatable bonds is 5. The molecule has 0 bridgehead atoms. The van der Waals surface area contributed by atoms with Crippen LogP contribution in [0.2, 0.25) is 0 Å². The Labute approximate surface area is 121 Å². The number of anilines is 2. The van der Waals surface area contributed by atoms with Gasteiger partial charge < -0.3 is 10.1 Å². The number of benzene rings is 2. The van der Waals surface area contributed by atoms with Crippen molar-refractivity contribution in [2.75, 3.05) is 11.9 Å². The normalized spacial score (nSPS) is 9.71. The molecule has 0 unspecified atom stereocenters. The molecule has 0 aliphatic heterocycles. The molecule has 106 valence electrons. The molecule has 0 aliphatic carbocycles. The summed E-state index contributed by atoms with van der Waals surface area (Å²) in [6.07, 6.45) is 0. The minimum absolute atomic E-state index is 0.0240. The number of hydrogen-bond donors (Lipinski definition) is 1. The molecule has 2 rings (SSSR count). The fourth-order valence-electron chi connectivity index (χ4n) is 1.83. The second-order valence-electron chi connectivity index (χ2n) is 4.18. The fourth-order valence-corrected chi connectivity index (χ4v) is 1.83. The number of nitrogens with one attached hydrogen (secondary N) is 1. The van der Waals surface area contributed by atoms with E-state index in [-0.39, 0.29) is 11.3 Å². The molecule has 2 aromatic rings. The van der Waals surface area contributed by atoms with Crippen molar-refractivity contribution >= 4 is 17.1 Å². The molecule has 0 saturated carbocycles. The van der Waals surface area contributed by atoms with Gasteiger partial charge in [-0.1, -0.05) is 0 Å². The van der Waals surface area contributed by atoms with Crippen molar-refractivity contribution in [3.63, 3.8) is 0 Å². The number of nitriles is 1. The third-order valence-corrected chi connectivity index (χ3v) is 2.77. The van der Waals surface area contributed by atoms with Crippen LogP contribution in [-0.2, 0) is 0 Å². The van der Waals surface area contributed by atoms with Gasteiger partial charge in [-0.05, 0) is 43.3 Å². The highest BCUT2D eigenvalue weighted by atomic mass is 16.6. The van der Waals surface area contributed by atoms with Crippen molar-refractivity contribution < 1.29 is 9.66 Å². The zero-order valence-corrected chi connectivity index (χ0v) is 11.4. The van der Waals surface area contributed by atoms with E-state index in [0.29, 0.717) is 12.3 Å². The molecule has 6 heteroatoms. The molecule has 6 nitrogen and oxygen atoms in total. The zero-order chi connectivity index (χ0) is 15.2. The first kappa shape index (κ1) is 14.3. The first-order chi connectivity index (χ1) is 10.1. The van der Waals surface area contributed by atoms with Gasteiger partial charge >= 0.3 is 0 Å². The van der Waals surface area contributed by atoms with E-state index in [1.807, 2.05) is 37.3 Å². The summed E-state index contributed by atoms with van der Waals surface area (Å²) in [5.74, 6) is 0.768. The lowest BCUT2D eigenvalue weighted by Gasteiger charge is -2.08. The van der Waals surface area contributed by atoms with Crippen LogP contribution in [0.15, 0.2) is 42.5 Å². The first-order valence-corrected chi connectivity index (χ1v) is 6.32. The van der Waals surface area contributed by atoms with E-state index >= 15 is 0 Å². The van der Waals surface area contributed by atoms with Gasteiger partial charge in [0.1, 0.15) is 17.4 Å². The quantitative estimate of drug-likeness (QED) is 0.669. The third kappa shape index (κ3) is 3.48. The van der Waals surface area contributed by atoms with Gasteiger partial charge in [-0.25, -0.2) is 0 Å². The molecule has 0 spiro atoms. The summed E-state index contributed by atoms with van der Waals surface area (Å²) in [4.78, 5) is 10.2. The molecular weight excluding hydrogens is 270 g/mol. The summed E-state index contributed by atoms with van der Waals surface area (Å²) < 4.78 is 5.34. The van der Waals surface area contributed by atoms with Crippen molar-refractivity contribution in [1.29, 1.82) is 5.26 Å². The van der Waals surface area contributed by atoms with Crippen molar-refractivity contribution in [2.45, 2.75) is 6.92 Å². The van der Waals surface area contributed by atoms with Gasteiger partial charge in [0.25, 0.3) is 5.69 Å². The first-order valence-electron chi connectivity index (χ1n) is 6.32. The van der Waals surface area contributed by atoms with Crippen LogP contribution < -0.4 is 10.1 Å². The maximum absolute atomic E-state index is 10.8. The lowest BCUT2D eigenvalue weighted by Crippen LogP contribution is -1.96. The summed E-state index contributed by atoms with van der Waals surface area (Å²) in [5, 5.41) is 22.8. The van der Waals surface area contributed by atoms with E-state index in [1.165, 1.54) is 12.1 Å². The van der Waals surface area contributed by atoms with Gasteiger partial charge in [-0.3, -0.25) is 10.1 Å². The van der Waals surface area contributed by atoms with Crippen molar-refractivity contribution in [2.24, 2.45) is 0 Å². The highest BCUT2D eigenvalue weighted by Crippen LogP contribution is 2.25. The Morgan fingerprint density at radius 1 is 1.24 bits per heavy atom. The molecule has 0 aromatic heterocycles. The topological polar surface area (TPSA) is 88.2 Å². The fraction of sp³-hybridized carbons (Fsp3) is 0.133. The smallest absolute Gasteiger partial charge is 0.287 e. The van der Waals surface area contributed by atoms with Gasteiger partial charge in [0.2, 0.25) is 0 Å². The van der Waals surface area contributed by atoms with E-state index in [1.54, 1.807) is 6.07 Å². The van der Waals surface area contributed by atoms with Gasteiger partial charge in [0.05, 0.1) is 11.5 Å². The Bertz CT molecular complexity index is 690. The highest BCUT2D eigenvalue weighted by Gasteiger charge is 2.13. The van der Waals surface area contributed by atoms with Crippen molar-refractivity contribution in [3.8, 4) is 11.8 Å². The summed E-state index contributed by atoms with van der Waals surface area (Å²) in [6.45, 7) is 2.51. The van der Waals surface area contributed by atoms with Crippen LogP contribution in [0.3, 0.4) is 0 Å². The Hall–Kier alpha value is -3.07. The largest absolute Gasteiger partial charge is 0.494 e. The Balaban J connectivity index is 2.20. The predicted molar refractivity (Wildman–Crippen MR) is 78.7 cm³/mol. The van der Waals surface area contributed by atoms with E-state index in [9.17, 15) is 10.1 Å². The summed E-state index contributed by atoms with van der Waals surface area (Å²) >= 11 is 0. The van der Waals surface area contributed by atoms with E-state index < -0.39 is 4.92 Å². The monoisotopic (exact) mass is 283 g/mol. The van der Waals surface area contributed by atoms with Crippen LogP contribution in [0.1, 0.15) is 12.5 Å². The second kappa shape index (κ2) is 6.39. The number of nitro benzene ring substituents is 1. The van der Waals surface area contributed by atoms with Crippen LogP contribution in [-0.4, -0.2) is 11.5 Å². The highest BCUT2D eigenvalue weighted by molar-refractivity contribution is 5.65. The summed E-state index contributed by atoms with van der Waals surface area (Å²) in [6, 6.07) is 13.5. The minimum atomic E-state index is -0.570. The minimum Gasteiger partial charge on any atom is -0.494 e. The van der Waals surface area contributed by atoms with Crippen LogP contribution >= 0.6 is 0 Å². The number of hydrogen-bond acceptors (Lipinski definition) is 5. The molecular formula is C15H13N3O3. The van der Waals surface area contributed by atoms with Crippen LogP contribution in [0.5, 0.6) is 5.75 Å². The van der Waals surface area contributed by atoms with E-state index in [4.69, 9.17) is 10.00 Å². The molecule has 0 aliphatic rings. The van der Waals surface area contributed by atoms with Gasteiger partial charge in [-0.15, -0.1) is 0 Å². The maximum atomic E-state index is 10.8. The molecule has 0 fully saturated rings. The molecule has 0 amide bonds. The Morgan fingerprint density at radius 2 is 1.90 bits per heavy atom.